The van der Waals surface area contributed by atoms with Gasteiger partial charge in [0.25, 0.3) is 10.0 Å². The van der Waals surface area contributed by atoms with Crippen LogP contribution in [0.3, 0.4) is 0 Å². The van der Waals surface area contributed by atoms with Gasteiger partial charge in [0.15, 0.2) is 0 Å². The molecular weight excluding hydrogens is 350 g/mol. The van der Waals surface area contributed by atoms with Gasteiger partial charge in [0.1, 0.15) is 0 Å². The molecule has 0 bridgehead atoms. The maximum Gasteiger partial charge on any atom is 0.261 e. The lowest BCUT2D eigenvalue weighted by molar-refractivity contribution is 0.601. The first-order valence-electron chi connectivity index (χ1n) is 5.43. The average Bonchev–Trinajstić information content (AvgIpc) is 2.33. The standard InChI is InChI=1S/C13H11BrClNO2S/c1-9-2-5-11(6-3-9)19(17,18)16-13-7-4-10(14)8-12(13)15/h2-8,16H,1H3. The Morgan fingerprint density at radius 1 is 1.11 bits per heavy atom. The number of hydrogen-bond acceptors (Lipinski definition) is 2. The minimum atomic E-state index is -3.62. The number of anilines is 1. The first-order valence-corrected chi connectivity index (χ1v) is 8.08. The monoisotopic (exact) mass is 359 g/mol. The van der Waals surface area contributed by atoms with Crippen LogP contribution in [0.15, 0.2) is 51.8 Å². The lowest BCUT2D eigenvalue weighted by Gasteiger charge is -2.10. The third-order valence-corrected chi connectivity index (χ3v) is 4.69. The molecule has 0 amide bonds. The maximum atomic E-state index is 12.2. The summed E-state index contributed by atoms with van der Waals surface area (Å²) in [6.07, 6.45) is 0. The summed E-state index contributed by atoms with van der Waals surface area (Å²) >= 11 is 9.26. The number of nitrogens with one attached hydrogen (secondary N) is 1. The predicted octanol–water partition coefficient (Wildman–Crippen LogP) is 4.21. The molecule has 19 heavy (non-hydrogen) atoms. The van der Waals surface area contributed by atoms with Crippen molar-refractivity contribution in [2.75, 3.05) is 4.72 Å². The molecule has 1 N–H and O–H groups in total. The van der Waals surface area contributed by atoms with Crippen molar-refractivity contribution < 1.29 is 8.42 Å². The molecule has 0 aliphatic heterocycles. The number of hydrogen-bond donors (Lipinski definition) is 1. The Balaban J connectivity index is 2.33. The van der Waals surface area contributed by atoms with E-state index in [1.165, 1.54) is 0 Å². The largest absolute Gasteiger partial charge is 0.278 e. The summed E-state index contributed by atoms with van der Waals surface area (Å²) in [6, 6.07) is 11.6. The summed E-state index contributed by atoms with van der Waals surface area (Å²) < 4.78 is 27.6. The van der Waals surface area contributed by atoms with Crippen LogP contribution in [0.4, 0.5) is 5.69 Å². The lowest BCUT2D eigenvalue weighted by atomic mass is 10.2. The predicted molar refractivity (Wildman–Crippen MR) is 81.1 cm³/mol. The van der Waals surface area contributed by atoms with E-state index in [4.69, 9.17) is 11.6 Å². The fourth-order valence-electron chi connectivity index (χ4n) is 1.49. The topological polar surface area (TPSA) is 46.2 Å². The van der Waals surface area contributed by atoms with Crippen LogP contribution in [0.5, 0.6) is 0 Å². The van der Waals surface area contributed by atoms with Crippen molar-refractivity contribution in [3.05, 3.63) is 57.5 Å². The summed E-state index contributed by atoms with van der Waals surface area (Å²) in [4.78, 5) is 0.206. The van der Waals surface area contributed by atoms with E-state index in [1.807, 2.05) is 6.92 Å². The summed E-state index contributed by atoms with van der Waals surface area (Å²) in [5, 5.41) is 0.338. The van der Waals surface area contributed by atoms with Crippen LogP contribution in [0.25, 0.3) is 0 Å². The van der Waals surface area contributed by atoms with Crippen LogP contribution in [-0.4, -0.2) is 8.42 Å². The van der Waals surface area contributed by atoms with Crippen LogP contribution in [0.2, 0.25) is 5.02 Å². The van der Waals surface area contributed by atoms with Crippen molar-refractivity contribution in [1.82, 2.24) is 0 Å². The minimum absolute atomic E-state index is 0.206. The Kier molecular flexibility index (Phi) is 4.18. The lowest BCUT2D eigenvalue weighted by Crippen LogP contribution is -2.13. The van der Waals surface area contributed by atoms with Gasteiger partial charge in [0, 0.05) is 4.47 Å². The molecule has 0 saturated heterocycles. The fourth-order valence-corrected chi connectivity index (χ4v) is 3.35. The summed E-state index contributed by atoms with van der Waals surface area (Å²) in [6.45, 7) is 1.90. The molecule has 0 fully saturated rings. The zero-order valence-corrected chi connectivity index (χ0v) is 13.2. The van der Waals surface area contributed by atoms with Crippen molar-refractivity contribution >= 4 is 43.2 Å². The first kappa shape index (κ1) is 14.4. The van der Waals surface area contributed by atoms with E-state index in [9.17, 15) is 8.42 Å². The Hall–Kier alpha value is -1.04. The Bertz CT molecular complexity index is 699. The highest BCUT2D eigenvalue weighted by atomic mass is 79.9. The number of benzene rings is 2. The van der Waals surface area contributed by atoms with Crippen LogP contribution < -0.4 is 4.72 Å². The summed E-state index contributed by atoms with van der Waals surface area (Å²) in [7, 11) is -3.62. The fraction of sp³-hybridized carbons (Fsp3) is 0.0769. The van der Waals surface area contributed by atoms with Gasteiger partial charge in [-0.1, -0.05) is 45.2 Å². The van der Waals surface area contributed by atoms with E-state index in [1.54, 1.807) is 42.5 Å². The molecule has 3 nitrogen and oxygen atoms in total. The Morgan fingerprint density at radius 2 is 1.74 bits per heavy atom. The van der Waals surface area contributed by atoms with Crippen molar-refractivity contribution in [3.63, 3.8) is 0 Å². The molecule has 0 spiro atoms. The summed E-state index contributed by atoms with van der Waals surface area (Å²) in [5.41, 5.74) is 1.35. The SMILES string of the molecule is Cc1ccc(S(=O)(=O)Nc2ccc(Br)cc2Cl)cc1. The molecule has 0 radical (unpaired) electrons. The van der Waals surface area contributed by atoms with Gasteiger partial charge in [0.05, 0.1) is 15.6 Å². The molecule has 0 aromatic heterocycles. The minimum Gasteiger partial charge on any atom is -0.278 e. The van der Waals surface area contributed by atoms with E-state index in [0.29, 0.717) is 10.7 Å². The highest BCUT2D eigenvalue weighted by Crippen LogP contribution is 2.27. The molecular formula is C13H11BrClNO2S. The molecule has 0 unspecified atom stereocenters. The second-order valence-electron chi connectivity index (χ2n) is 4.04. The molecule has 0 heterocycles. The van der Waals surface area contributed by atoms with E-state index in [0.717, 1.165) is 10.0 Å². The Morgan fingerprint density at radius 3 is 2.32 bits per heavy atom. The molecule has 0 saturated carbocycles. The van der Waals surface area contributed by atoms with Gasteiger partial charge in [-0.2, -0.15) is 0 Å². The smallest absolute Gasteiger partial charge is 0.261 e. The first-order chi connectivity index (χ1) is 8.88. The molecule has 100 valence electrons. The van der Waals surface area contributed by atoms with E-state index in [-0.39, 0.29) is 4.90 Å². The van der Waals surface area contributed by atoms with Crippen LogP contribution >= 0.6 is 27.5 Å². The third-order valence-electron chi connectivity index (χ3n) is 2.51. The van der Waals surface area contributed by atoms with Gasteiger partial charge in [-0.25, -0.2) is 8.42 Å². The van der Waals surface area contributed by atoms with Crippen LogP contribution in [0, 0.1) is 6.92 Å². The van der Waals surface area contributed by atoms with Gasteiger partial charge in [0.2, 0.25) is 0 Å². The van der Waals surface area contributed by atoms with Gasteiger partial charge in [-0.05, 0) is 37.3 Å². The van der Waals surface area contributed by atoms with E-state index in [2.05, 4.69) is 20.7 Å². The van der Waals surface area contributed by atoms with Gasteiger partial charge >= 0.3 is 0 Å². The highest BCUT2D eigenvalue weighted by molar-refractivity contribution is 9.10. The van der Waals surface area contributed by atoms with E-state index >= 15 is 0 Å². The molecule has 0 aliphatic rings. The molecule has 6 heteroatoms. The zero-order chi connectivity index (χ0) is 14.0. The second-order valence-corrected chi connectivity index (χ2v) is 7.05. The zero-order valence-electron chi connectivity index (χ0n) is 10.0. The molecule has 0 atom stereocenters. The summed E-state index contributed by atoms with van der Waals surface area (Å²) in [5.74, 6) is 0. The van der Waals surface area contributed by atoms with Crippen molar-refractivity contribution in [2.24, 2.45) is 0 Å². The quantitative estimate of drug-likeness (QED) is 0.891. The van der Waals surface area contributed by atoms with Crippen molar-refractivity contribution in [3.8, 4) is 0 Å². The highest BCUT2D eigenvalue weighted by Gasteiger charge is 2.15. The van der Waals surface area contributed by atoms with Gasteiger partial charge < -0.3 is 0 Å². The Labute approximate surface area is 125 Å². The van der Waals surface area contributed by atoms with Crippen molar-refractivity contribution in [1.29, 1.82) is 0 Å². The van der Waals surface area contributed by atoms with Crippen LogP contribution in [0.1, 0.15) is 5.56 Å². The number of sulfonamides is 1. The number of aryl methyl sites for hydroxylation is 1. The molecule has 0 aliphatic carbocycles. The van der Waals surface area contributed by atoms with E-state index < -0.39 is 10.0 Å². The molecule has 2 rings (SSSR count). The molecule has 2 aromatic carbocycles. The number of halogens is 2. The normalized spacial score (nSPS) is 11.3. The molecule has 2 aromatic rings. The van der Waals surface area contributed by atoms with Gasteiger partial charge in [-0.15, -0.1) is 0 Å². The van der Waals surface area contributed by atoms with Gasteiger partial charge in [-0.3, -0.25) is 4.72 Å². The second kappa shape index (κ2) is 5.53. The number of rotatable bonds is 3. The van der Waals surface area contributed by atoms with Crippen LogP contribution in [-0.2, 0) is 10.0 Å². The maximum absolute atomic E-state index is 12.2. The van der Waals surface area contributed by atoms with Crippen molar-refractivity contribution in [2.45, 2.75) is 11.8 Å². The third kappa shape index (κ3) is 3.49. The average molecular weight is 361 g/mol.